The summed E-state index contributed by atoms with van der Waals surface area (Å²) in [5.74, 6) is 0.839. The number of benzene rings is 2. The highest BCUT2D eigenvalue weighted by Crippen LogP contribution is 2.35. The zero-order valence-corrected chi connectivity index (χ0v) is 13.2. The largest absolute Gasteiger partial charge is 0.497 e. The molecular formula is C16H17Cl2NO. The van der Waals surface area contributed by atoms with Crippen LogP contribution in [0.1, 0.15) is 22.7 Å². The van der Waals surface area contributed by atoms with Crippen LogP contribution in [-0.2, 0) is 0 Å². The van der Waals surface area contributed by atoms with Gasteiger partial charge in [0.15, 0.2) is 0 Å². The third kappa shape index (κ3) is 2.93. The van der Waals surface area contributed by atoms with Gasteiger partial charge in [-0.1, -0.05) is 35.3 Å². The van der Waals surface area contributed by atoms with Crippen molar-refractivity contribution in [3.63, 3.8) is 0 Å². The summed E-state index contributed by atoms with van der Waals surface area (Å²) in [6, 6.07) is 11.5. The molecule has 1 N–H and O–H groups in total. The van der Waals surface area contributed by atoms with Crippen LogP contribution in [0, 0.1) is 6.92 Å². The van der Waals surface area contributed by atoms with Crippen molar-refractivity contribution in [3.8, 4) is 5.75 Å². The lowest BCUT2D eigenvalue weighted by atomic mass is 9.95. The van der Waals surface area contributed by atoms with E-state index in [9.17, 15) is 0 Å². The van der Waals surface area contributed by atoms with Gasteiger partial charge >= 0.3 is 0 Å². The molecule has 4 heteroatoms. The van der Waals surface area contributed by atoms with E-state index in [1.54, 1.807) is 7.11 Å². The Balaban J connectivity index is 2.53. The van der Waals surface area contributed by atoms with E-state index in [0.717, 1.165) is 22.4 Å². The summed E-state index contributed by atoms with van der Waals surface area (Å²) in [5, 5.41) is 4.60. The third-order valence-corrected chi connectivity index (χ3v) is 4.02. The summed E-state index contributed by atoms with van der Waals surface area (Å²) in [6.45, 7) is 2.05. The highest BCUT2D eigenvalue weighted by molar-refractivity contribution is 6.36. The van der Waals surface area contributed by atoms with Gasteiger partial charge in [-0.3, -0.25) is 0 Å². The normalized spacial score (nSPS) is 12.2. The van der Waals surface area contributed by atoms with Crippen LogP contribution in [0.4, 0.5) is 0 Å². The maximum atomic E-state index is 6.31. The molecule has 0 aromatic heterocycles. The molecule has 2 aromatic rings. The molecule has 1 unspecified atom stereocenters. The summed E-state index contributed by atoms with van der Waals surface area (Å²) in [7, 11) is 3.56. The molecule has 106 valence electrons. The van der Waals surface area contributed by atoms with Crippen molar-refractivity contribution in [2.75, 3.05) is 14.2 Å². The maximum Gasteiger partial charge on any atom is 0.119 e. The van der Waals surface area contributed by atoms with Crippen LogP contribution in [0.3, 0.4) is 0 Å². The van der Waals surface area contributed by atoms with Gasteiger partial charge in [0.2, 0.25) is 0 Å². The fraction of sp³-hybridized carbons (Fsp3) is 0.250. The van der Waals surface area contributed by atoms with E-state index in [1.165, 1.54) is 0 Å². The predicted molar refractivity (Wildman–Crippen MR) is 85.1 cm³/mol. The number of aryl methyl sites for hydroxylation is 1. The minimum atomic E-state index is -0.0536. The number of hydrogen-bond donors (Lipinski definition) is 1. The third-order valence-electron chi connectivity index (χ3n) is 3.37. The molecule has 0 fully saturated rings. The molecule has 0 heterocycles. The first kappa shape index (κ1) is 15.2. The molecule has 2 nitrogen and oxygen atoms in total. The molecule has 0 spiro atoms. The standard InChI is InChI=1S/C16H17Cl2NO/c1-10-9-11(20-3)7-8-12(10)16(19-2)15-13(17)5-4-6-14(15)18/h4-9,16,19H,1-3H3. The monoisotopic (exact) mass is 309 g/mol. The van der Waals surface area contributed by atoms with Gasteiger partial charge in [0.1, 0.15) is 5.75 Å². The van der Waals surface area contributed by atoms with Crippen LogP contribution in [0.5, 0.6) is 5.75 Å². The Hall–Kier alpha value is -1.22. The summed E-state index contributed by atoms with van der Waals surface area (Å²) < 4.78 is 5.24. The molecule has 0 radical (unpaired) electrons. The van der Waals surface area contributed by atoms with Gasteiger partial charge in [-0.15, -0.1) is 0 Å². The second-order valence-corrected chi connectivity index (χ2v) is 5.39. The van der Waals surface area contributed by atoms with Gasteiger partial charge in [0, 0.05) is 15.6 Å². The Labute approximate surface area is 129 Å². The smallest absolute Gasteiger partial charge is 0.119 e. The number of ether oxygens (including phenoxy) is 1. The van der Waals surface area contributed by atoms with E-state index in [0.29, 0.717) is 10.0 Å². The predicted octanol–water partition coefficient (Wildman–Crippen LogP) is 4.62. The van der Waals surface area contributed by atoms with Crippen LogP contribution in [0.15, 0.2) is 36.4 Å². The van der Waals surface area contributed by atoms with Gasteiger partial charge in [0.25, 0.3) is 0 Å². The van der Waals surface area contributed by atoms with Gasteiger partial charge in [-0.05, 0) is 49.4 Å². The number of methoxy groups -OCH3 is 1. The minimum absolute atomic E-state index is 0.0536. The van der Waals surface area contributed by atoms with E-state index >= 15 is 0 Å². The van der Waals surface area contributed by atoms with Crippen LogP contribution >= 0.6 is 23.2 Å². The molecule has 1 atom stereocenters. The number of rotatable bonds is 4. The van der Waals surface area contributed by atoms with Crippen molar-refractivity contribution in [1.29, 1.82) is 0 Å². The van der Waals surface area contributed by atoms with E-state index in [-0.39, 0.29) is 6.04 Å². The zero-order chi connectivity index (χ0) is 14.7. The lowest BCUT2D eigenvalue weighted by Crippen LogP contribution is -2.19. The minimum Gasteiger partial charge on any atom is -0.497 e. The average Bonchev–Trinajstić information content (AvgIpc) is 2.43. The molecule has 2 aromatic carbocycles. The molecule has 0 aliphatic heterocycles. The molecule has 0 aliphatic rings. The summed E-state index contributed by atoms with van der Waals surface area (Å²) in [5.41, 5.74) is 3.15. The van der Waals surface area contributed by atoms with Crippen LogP contribution in [-0.4, -0.2) is 14.2 Å². The zero-order valence-electron chi connectivity index (χ0n) is 11.7. The van der Waals surface area contributed by atoms with Gasteiger partial charge < -0.3 is 10.1 Å². The van der Waals surface area contributed by atoms with Crippen molar-refractivity contribution < 1.29 is 4.74 Å². The Kier molecular flexibility index (Phi) is 4.92. The van der Waals surface area contributed by atoms with Gasteiger partial charge in [-0.25, -0.2) is 0 Å². The Morgan fingerprint density at radius 3 is 2.25 bits per heavy atom. The highest BCUT2D eigenvalue weighted by atomic mass is 35.5. The Morgan fingerprint density at radius 2 is 1.75 bits per heavy atom. The van der Waals surface area contributed by atoms with E-state index in [2.05, 4.69) is 5.32 Å². The molecule has 0 amide bonds. The summed E-state index contributed by atoms with van der Waals surface area (Å²) in [4.78, 5) is 0. The highest BCUT2D eigenvalue weighted by Gasteiger charge is 2.20. The number of halogens is 2. The maximum absolute atomic E-state index is 6.31. The van der Waals surface area contributed by atoms with Crippen LogP contribution in [0.2, 0.25) is 10.0 Å². The first-order chi connectivity index (χ1) is 9.58. The van der Waals surface area contributed by atoms with Crippen LogP contribution < -0.4 is 10.1 Å². The molecule has 2 rings (SSSR count). The lowest BCUT2D eigenvalue weighted by Gasteiger charge is -2.22. The Morgan fingerprint density at radius 1 is 1.10 bits per heavy atom. The fourth-order valence-corrected chi connectivity index (χ4v) is 2.96. The fourth-order valence-electron chi connectivity index (χ4n) is 2.34. The molecule has 0 saturated carbocycles. The average molecular weight is 310 g/mol. The van der Waals surface area contributed by atoms with Crippen molar-refractivity contribution in [1.82, 2.24) is 5.32 Å². The SMILES string of the molecule is CNC(c1ccc(OC)cc1C)c1c(Cl)cccc1Cl. The second kappa shape index (κ2) is 6.49. The second-order valence-electron chi connectivity index (χ2n) is 4.58. The topological polar surface area (TPSA) is 21.3 Å². The Bertz CT molecular complexity index is 593. The molecular weight excluding hydrogens is 293 g/mol. The van der Waals surface area contributed by atoms with Gasteiger partial charge in [0.05, 0.1) is 13.2 Å². The lowest BCUT2D eigenvalue weighted by molar-refractivity contribution is 0.414. The molecule has 0 saturated heterocycles. The molecule has 20 heavy (non-hydrogen) atoms. The number of nitrogens with one attached hydrogen (secondary N) is 1. The molecule has 0 aliphatic carbocycles. The van der Waals surface area contributed by atoms with Crippen LogP contribution in [0.25, 0.3) is 0 Å². The van der Waals surface area contributed by atoms with Crippen molar-refractivity contribution in [3.05, 3.63) is 63.1 Å². The van der Waals surface area contributed by atoms with Crippen molar-refractivity contribution in [2.45, 2.75) is 13.0 Å². The van der Waals surface area contributed by atoms with Crippen molar-refractivity contribution in [2.24, 2.45) is 0 Å². The van der Waals surface area contributed by atoms with E-state index in [1.807, 2.05) is 50.4 Å². The summed E-state index contributed by atoms with van der Waals surface area (Å²) in [6.07, 6.45) is 0. The first-order valence-electron chi connectivity index (χ1n) is 6.34. The van der Waals surface area contributed by atoms with Crippen molar-refractivity contribution >= 4 is 23.2 Å². The first-order valence-corrected chi connectivity index (χ1v) is 7.09. The van der Waals surface area contributed by atoms with E-state index < -0.39 is 0 Å². The summed E-state index contributed by atoms with van der Waals surface area (Å²) >= 11 is 12.6. The van der Waals surface area contributed by atoms with Gasteiger partial charge in [-0.2, -0.15) is 0 Å². The number of hydrogen-bond acceptors (Lipinski definition) is 2. The van der Waals surface area contributed by atoms with E-state index in [4.69, 9.17) is 27.9 Å². The molecule has 0 bridgehead atoms. The quantitative estimate of drug-likeness (QED) is 0.890.